The number of nitrogens with zero attached hydrogens (tertiary/aromatic N) is 2. The van der Waals surface area contributed by atoms with E-state index in [1.54, 1.807) is 0 Å². The smallest absolute Gasteiger partial charge is 0.301 e. The van der Waals surface area contributed by atoms with E-state index in [1.807, 2.05) is 26.0 Å². The topological polar surface area (TPSA) is 83.0 Å². The molecule has 0 unspecified atom stereocenters. The van der Waals surface area contributed by atoms with Crippen LogP contribution in [0.1, 0.15) is 11.1 Å². The molecule has 0 fully saturated rings. The highest BCUT2D eigenvalue weighted by Crippen LogP contribution is 2.30. The number of rotatable bonds is 6. The second-order valence-electron chi connectivity index (χ2n) is 5.31. The molecule has 2 N–H and O–H groups in total. The quantitative estimate of drug-likeness (QED) is 0.814. The Morgan fingerprint density at radius 1 is 1.36 bits per heavy atom. The molecule has 0 bridgehead atoms. The maximum atomic E-state index is 12.0. The minimum Gasteiger partial charge on any atom is -0.485 e. The van der Waals surface area contributed by atoms with Gasteiger partial charge in [0.1, 0.15) is 18.2 Å². The van der Waals surface area contributed by atoms with Crippen molar-refractivity contribution in [1.29, 1.82) is 0 Å². The Morgan fingerprint density at radius 3 is 2.68 bits per heavy atom. The Labute approximate surface area is 131 Å². The van der Waals surface area contributed by atoms with Gasteiger partial charge in [0.05, 0.1) is 12.2 Å². The molecule has 22 heavy (non-hydrogen) atoms. The molecular formula is C14H22N4O3S. The number of nitrogens with one attached hydrogen (secondary N) is 2. The average Bonchev–Trinajstić information content (AvgIpc) is 2.95. The second kappa shape index (κ2) is 6.53. The van der Waals surface area contributed by atoms with E-state index >= 15 is 0 Å². The van der Waals surface area contributed by atoms with Crippen molar-refractivity contribution in [2.45, 2.75) is 13.8 Å². The first-order valence-electron chi connectivity index (χ1n) is 7.01. The van der Waals surface area contributed by atoms with Gasteiger partial charge in [-0.25, -0.2) is 0 Å². The van der Waals surface area contributed by atoms with Crippen LogP contribution in [0.3, 0.4) is 0 Å². The van der Waals surface area contributed by atoms with Gasteiger partial charge in [-0.15, -0.1) is 0 Å². The van der Waals surface area contributed by atoms with Crippen LogP contribution in [0.5, 0.6) is 5.75 Å². The number of hydrogen-bond acceptors (Lipinski definition) is 5. The lowest BCUT2D eigenvalue weighted by atomic mass is 10.1. The van der Waals surface area contributed by atoms with Gasteiger partial charge in [-0.3, -0.25) is 9.71 Å². The fourth-order valence-electron chi connectivity index (χ4n) is 2.05. The van der Waals surface area contributed by atoms with Crippen LogP contribution in [0.2, 0.25) is 0 Å². The fourth-order valence-corrected chi connectivity index (χ4v) is 2.81. The fraction of sp³-hybridized carbons (Fsp3) is 0.500. The molecule has 0 atom stereocenters. The molecule has 8 heteroatoms. The van der Waals surface area contributed by atoms with Crippen molar-refractivity contribution in [2.24, 2.45) is 4.99 Å². The lowest BCUT2D eigenvalue weighted by Crippen LogP contribution is -2.29. The Kier molecular flexibility index (Phi) is 4.92. The van der Waals surface area contributed by atoms with Crippen LogP contribution < -0.4 is 14.8 Å². The molecule has 1 heterocycles. The van der Waals surface area contributed by atoms with Gasteiger partial charge in [0.15, 0.2) is 0 Å². The molecule has 1 aromatic carbocycles. The molecule has 7 nitrogen and oxygen atoms in total. The predicted octanol–water partition coefficient (Wildman–Crippen LogP) is 0.902. The molecule has 2 rings (SSSR count). The first kappa shape index (κ1) is 16.6. The van der Waals surface area contributed by atoms with E-state index in [0.29, 0.717) is 18.0 Å². The first-order valence-corrected chi connectivity index (χ1v) is 8.45. The third-order valence-electron chi connectivity index (χ3n) is 3.44. The molecule has 0 amide bonds. The number of hydrogen-bond donors (Lipinski definition) is 2. The predicted molar refractivity (Wildman–Crippen MR) is 87.9 cm³/mol. The molecule has 0 spiro atoms. The lowest BCUT2D eigenvalue weighted by molar-refractivity contribution is 0.371. The van der Waals surface area contributed by atoms with E-state index in [-0.39, 0.29) is 0 Å². The van der Waals surface area contributed by atoms with Crippen LogP contribution in [-0.2, 0) is 10.2 Å². The van der Waals surface area contributed by atoms with E-state index in [2.05, 4.69) is 15.0 Å². The highest BCUT2D eigenvalue weighted by molar-refractivity contribution is 7.90. The summed E-state index contributed by atoms with van der Waals surface area (Å²) < 4.78 is 33.5. The Balaban J connectivity index is 2.21. The number of ether oxygens (including phenoxy) is 1. The highest BCUT2D eigenvalue weighted by Gasteiger charge is 2.18. The average molecular weight is 326 g/mol. The molecule has 0 radical (unpaired) electrons. The summed E-state index contributed by atoms with van der Waals surface area (Å²) in [6.07, 6.45) is 0. The van der Waals surface area contributed by atoms with Crippen LogP contribution in [0.25, 0.3) is 0 Å². The maximum absolute atomic E-state index is 12.0. The van der Waals surface area contributed by atoms with Crippen molar-refractivity contribution in [1.82, 2.24) is 9.62 Å². The Bertz CT molecular complexity index is 684. The Hall–Kier alpha value is -1.80. The third-order valence-corrected chi connectivity index (χ3v) is 4.87. The maximum Gasteiger partial charge on any atom is 0.301 e. The number of amidine groups is 1. The third kappa shape index (κ3) is 3.69. The van der Waals surface area contributed by atoms with Gasteiger partial charge >= 0.3 is 10.2 Å². The molecular weight excluding hydrogens is 304 g/mol. The molecule has 0 saturated heterocycles. The van der Waals surface area contributed by atoms with Crippen LogP contribution >= 0.6 is 0 Å². The zero-order valence-corrected chi connectivity index (χ0v) is 14.1. The summed E-state index contributed by atoms with van der Waals surface area (Å²) in [7, 11) is -0.585. The summed E-state index contributed by atoms with van der Waals surface area (Å²) in [5.41, 5.74) is 2.14. The van der Waals surface area contributed by atoms with Gasteiger partial charge in [-0.05, 0) is 25.5 Å². The van der Waals surface area contributed by atoms with Crippen molar-refractivity contribution >= 4 is 21.7 Å². The highest BCUT2D eigenvalue weighted by atomic mass is 32.2. The summed E-state index contributed by atoms with van der Waals surface area (Å²) in [6.45, 7) is 5.63. The van der Waals surface area contributed by atoms with Crippen molar-refractivity contribution in [3.63, 3.8) is 0 Å². The van der Waals surface area contributed by atoms with Gasteiger partial charge in [-0.1, -0.05) is 6.07 Å². The van der Waals surface area contributed by atoms with Crippen molar-refractivity contribution in [3.05, 3.63) is 23.3 Å². The number of benzene rings is 1. The van der Waals surface area contributed by atoms with Gasteiger partial charge in [0.2, 0.25) is 0 Å². The number of aryl methyl sites for hydroxylation is 1. The summed E-state index contributed by atoms with van der Waals surface area (Å²) in [5, 5.41) is 3.13. The van der Waals surface area contributed by atoms with Crippen LogP contribution in [0.15, 0.2) is 17.1 Å². The van der Waals surface area contributed by atoms with Crippen LogP contribution in [-0.4, -0.2) is 52.4 Å². The van der Waals surface area contributed by atoms with E-state index in [4.69, 9.17) is 4.74 Å². The minimum atomic E-state index is -3.55. The number of aliphatic imine (C=N–C) groups is 1. The summed E-state index contributed by atoms with van der Waals surface area (Å²) in [5.74, 6) is 1.45. The Morgan fingerprint density at radius 2 is 2.09 bits per heavy atom. The van der Waals surface area contributed by atoms with Gasteiger partial charge < -0.3 is 10.1 Å². The van der Waals surface area contributed by atoms with E-state index in [0.717, 1.165) is 34.4 Å². The van der Waals surface area contributed by atoms with Crippen LogP contribution in [0, 0.1) is 13.8 Å². The molecule has 0 aliphatic carbocycles. The first-order chi connectivity index (χ1) is 10.3. The zero-order valence-electron chi connectivity index (χ0n) is 13.3. The molecule has 1 aromatic rings. The number of anilines is 1. The zero-order chi connectivity index (χ0) is 16.3. The molecule has 122 valence electrons. The summed E-state index contributed by atoms with van der Waals surface area (Å²) in [6, 6.07) is 3.67. The van der Waals surface area contributed by atoms with Crippen LogP contribution in [0.4, 0.5) is 5.69 Å². The largest absolute Gasteiger partial charge is 0.485 e. The summed E-state index contributed by atoms with van der Waals surface area (Å²) in [4.78, 5) is 4.27. The summed E-state index contributed by atoms with van der Waals surface area (Å²) >= 11 is 0. The molecule has 0 saturated carbocycles. The SMILES string of the molecule is Cc1ccc(OCC2=NCCN2)c(C)c1NS(=O)(=O)N(C)C. The van der Waals surface area contributed by atoms with E-state index < -0.39 is 10.2 Å². The molecule has 1 aliphatic heterocycles. The lowest BCUT2D eigenvalue weighted by Gasteiger charge is -2.19. The standard InChI is InChI=1S/C14H22N4O3S/c1-10-5-6-12(21-9-13-15-7-8-16-13)11(2)14(10)17-22(19,20)18(3)4/h5-6,17H,7-9H2,1-4H3,(H,15,16). The molecule has 0 aromatic heterocycles. The second-order valence-corrected chi connectivity index (χ2v) is 7.20. The van der Waals surface area contributed by atoms with E-state index in [9.17, 15) is 8.42 Å². The monoisotopic (exact) mass is 326 g/mol. The molecule has 1 aliphatic rings. The van der Waals surface area contributed by atoms with Gasteiger partial charge in [-0.2, -0.15) is 12.7 Å². The van der Waals surface area contributed by atoms with Crippen molar-refractivity contribution in [3.8, 4) is 5.75 Å². The van der Waals surface area contributed by atoms with Gasteiger partial charge in [0.25, 0.3) is 0 Å². The normalized spacial score (nSPS) is 14.7. The van der Waals surface area contributed by atoms with Crippen molar-refractivity contribution in [2.75, 3.05) is 38.5 Å². The van der Waals surface area contributed by atoms with Crippen molar-refractivity contribution < 1.29 is 13.2 Å². The van der Waals surface area contributed by atoms with E-state index in [1.165, 1.54) is 14.1 Å². The minimum absolute atomic E-state index is 0.351. The van der Waals surface area contributed by atoms with Gasteiger partial charge in [0, 0.05) is 26.2 Å².